The Labute approximate surface area is 77.8 Å². The summed E-state index contributed by atoms with van der Waals surface area (Å²) in [5, 5.41) is 9.45. The molecule has 0 amide bonds. The highest BCUT2D eigenvalue weighted by molar-refractivity contribution is 4.95. The zero-order valence-corrected chi connectivity index (χ0v) is 7.97. The van der Waals surface area contributed by atoms with Crippen LogP contribution in [0.5, 0.6) is 0 Å². The lowest BCUT2D eigenvalue weighted by Gasteiger charge is -2.18. The molecular weight excluding hydrogens is 172 g/mol. The number of fused-ring (bicyclic) bond motifs is 1. The summed E-state index contributed by atoms with van der Waals surface area (Å²) in [5.41, 5.74) is 0. The standard InChI is InChI=1S/C9H16O4/c1-5(2)13-7-4-12-8-6(10)3-11-9(7)8/h5-10H,3-4H2,1-2H3/t6?,7?,8-,9-/m1/s1. The summed E-state index contributed by atoms with van der Waals surface area (Å²) >= 11 is 0. The molecule has 2 saturated heterocycles. The van der Waals surface area contributed by atoms with Crippen LogP contribution in [0.15, 0.2) is 0 Å². The molecule has 2 rings (SSSR count). The van der Waals surface area contributed by atoms with Crippen molar-refractivity contribution >= 4 is 0 Å². The average molecular weight is 188 g/mol. The van der Waals surface area contributed by atoms with Crippen LogP contribution in [0.2, 0.25) is 0 Å². The molecular formula is C9H16O4. The molecule has 4 atom stereocenters. The zero-order valence-electron chi connectivity index (χ0n) is 7.97. The average Bonchev–Trinajstić information content (AvgIpc) is 2.56. The van der Waals surface area contributed by atoms with Gasteiger partial charge in [0.1, 0.15) is 24.4 Å². The van der Waals surface area contributed by atoms with E-state index in [0.717, 1.165) is 0 Å². The number of aliphatic hydroxyl groups is 1. The van der Waals surface area contributed by atoms with Crippen LogP contribution in [-0.4, -0.2) is 48.8 Å². The molecule has 1 N–H and O–H groups in total. The van der Waals surface area contributed by atoms with Crippen LogP contribution in [0.1, 0.15) is 13.8 Å². The largest absolute Gasteiger partial charge is 0.388 e. The van der Waals surface area contributed by atoms with Gasteiger partial charge in [-0.25, -0.2) is 0 Å². The minimum atomic E-state index is -0.481. The van der Waals surface area contributed by atoms with E-state index in [9.17, 15) is 5.11 Å². The van der Waals surface area contributed by atoms with Crippen LogP contribution in [-0.2, 0) is 14.2 Å². The molecule has 2 heterocycles. The van der Waals surface area contributed by atoms with Crippen LogP contribution >= 0.6 is 0 Å². The van der Waals surface area contributed by atoms with Crippen molar-refractivity contribution in [3.63, 3.8) is 0 Å². The molecule has 13 heavy (non-hydrogen) atoms. The Morgan fingerprint density at radius 3 is 2.62 bits per heavy atom. The first kappa shape index (κ1) is 9.40. The summed E-state index contributed by atoms with van der Waals surface area (Å²) < 4.78 is 16.4. The maximum absolute atomic E-state index is 9.45. The maximum atomic E-state index is 9.45. The number of rotatable bonds is 2. The van der Waals surface area contributed by atoms with E-state index in [4.69, 9.17) is 14.2 Å². The summed E-state index contributed by atoms with van der Waals surface area (Å²) in [6.07, 6.45) is -0.567. The van der Waals surface area contributed by atoms with Gasteiger partial charge in [-0.1, -0.05) is 0 Å². The van der Waals surface area contributed by atoms with Crippen molar-refractivity contribution in [2.24, 2.45) is 0 Å². The molecule has 4 heteroatoms. The normalized spacial score (nSPS) is 44.3. The van der Waals surface area contributed by atoms with Gasteiger partial charge in [-0.3, -0.25) is 0 Å². The predicted octanol–water partition coefficient (Wildman–Crippen LogP) is -0.0615. The number of ether oxygens (including phenoxy) is 3. The second-order valence-corrected chi connectivity index (χ2v) is 3.89. The molecule has 0 radical (unpaired) electrons. The van der Waals surface area contributed by atoms with Crippen molar-refractivity contribution in [1.82, 2.24) is 0 Å². The number of aliphatic hydroxyl groups excluding tert-OH is 1. The van der Waals surface area contributed by atoms with E-state index >= 15 is 0 Å². The van der Waals surface area contributed by atoms with Gasteiger partial charge in [0.2, 0.25) is 0 Å². The van der Waals surface area contributed by atoms with E-state index in [-0.39, 0.29) is 24.4 Å². The van der Waals surface area contributed by atoms with Crippen molar-refractivity contribution in [3.05, 3.63) is 0 Å². The molecule has 0 spiro atoms. The fourth-order valence-corrected chi connectivity index (χ4v) is 1.91. The molecule has 2 aliphatic rings. The van der Waals surface area contributed by atoms with Crippen LogP contribution in [0.4, 0.5) is 0 Å². The Hall–Kier alpha value is -0.160. The molecule has 0 aliphatic carbocycles. The Bertz CT molecular complexity index is 182. The fraction of sp³-hybridized carbons (Fsp3) is 1.00. The summed E-state index contributed by atoms with van der Waals surface area (Å²) in [6.45, 7) is 4.87. The van der Waals surface area contributed by atoms with Gasteiger partial charge in [-0.15, -0.1) is 0 Å². The quantitative estimate of drug-likeness (QED) is 0.659. The molecule has 4 nitrogen and oxygen atoms in total. The lowest BCUT2D eigenvalue weighted by Crippen LogP contribution is -2.34. The molecule has 0 bridgehead atoms. The lowest BCUT2D eigenvalue weighted by atomic mass is 10.1. The molecule has 0 aromatic carbocycles. The van der Waals surface area contributed by atoms with Crippen molar-refractivity contribution in [2.75, 3.05) is 13.2 Å². The predicted molar refractivity (Wildman–Crippen MR) is 45.5 cm³/mol. The highest BCUT2D eigenvalue weighted by atomic mass is 16.6. The third-order valence-corrected chi connectivity index (χ3v) is 2.43. The molecule has 76 valence electrons. The Kier molecular flexibility index (Phi) is 2.55. The van der Waals surface area contributed by atoms with Crippen LogP contribution in [0, 0.1) is 0 Å². The highest BCUT2D eigenvalue weighted by Crippen LogP contribution is 2.29. The monoisotopic (exact) mass is 188 g/mol. The van der Waals surface area contributed by atoms with E-state index in [2.05, 4.69) is 0 Å². The van der Waals surface area contributed by atoms with Crippen LogP contribution in [0.3, 0.4) is 0 Å². The zero-order chi connectivity index (χ0) is 9.42. The molecule has 0 aromatic heterocycles. The fourth-order valence-electron chi connectivity index (χ4n) is 1.91. The van der Waals surface area contributed by atoms with Gasteiger partial charge >= 0.3 is 0 Å². The third-order valence-electron chi connectivity index (χ3n) is 2.43. The Morgan fingerprint density at radius 1 is 1.23 bits per heavy atom. The summed E-state index contributed by atoms with van der Waals surface area (Å²) in [7, 11) is 0. The van der Waals surface area contributed by atoms with Crippen LogP contribution in [0.25, 0.3) is 0 Å². The molecule has 0 aromatic rings. The minimum absolute atomic E-state index is 0.0119. The van der Waals surface area contributed by atoms with E-state index in [1.807, 2.05) is 13.8 Å². The van der Waals surface area contributed by atoms with E-state index in [1.165, 1.54) is 0 Å². The van der Waals surface area contributed by atoms with Gasteiger partial charge in [-0.05, 0) is 13.8 Å². The second kappa shape index (κ2) is 3.53. The summed E-state index contributed by atoms with van der Waals surface area (Å²) in [4.78, 5) is 0. The van der Waals surface area contributed by atoms with Crippen molar-refractivity contribution in [1.29, 1.82) is 0 Å². The SMILES string of the molecule is CC(C)OC1CO[C@@H]2C(O)CO[C@H]12. The molecule has 0 saturated carbocycles. The van der Waals surface area contributed by atoms with E-state index in [0.29, 0.717) is 13.2 Å². The third kappa shape index (κ3) is 1.72. The summed E-state index contributed by atoms with van der Waals surface area (Å²) in [6, 6.07) is 0. The Balaban J connectivity index is 1.94. The van der Waals surface area contributed by atoms with Gasteiger partial charge in [-0.2, -0.15) is 0 Å². The van der Waals surface area contributed by atoms with Gasteiger partial charge in [0.25, 0.3) is 0 Å². The van der Waals surface area contributed by atoms with Gasteiger partial charge in [0, 0.05) is 0 Å². The van der Waals surface area contributed by atoms with Gasteiger partial charge < -0.3 is 19.3 Å². The smallest absolute Gasteiger partial charge is 0.115 e. The molecule has 2 unspecified atom stereocenters. The number of hydrogen-bond donors (Lipinski definition) is 1. The first-order valence-corrected chi connectivity index (χ1v) is 4.75. The molecule has 2 aliphatic heterocycles. The Morgan fingerprint density at radius 2 is 1.92 bits per heavy atom. The van der Waals surface area contributed by atoms with Gasteiger partial charge in [0.05, 0.1) is 19.3 Å². The minimum Gasteiger partial charge on any atom is -0.388 e. The van der Waals surface area contributed by atoms with E-state index < -0.39 is 6.10 Å². The van der Waals surface area contributed by atoms with Crippen molar-refractivity contribution < 1.29 is 19.3 Å². The first-order chi connectivity index (χ1) is 6.18. The summed E-state index contributed by atoms with van der Waals surface area (Å²) in [5.74, 6) is 0. The topological polar surface area (TPSA) is 47.9 Å². The lowest BCUT2D eigenvalue weighted by molar-refractivity contribution is -0.0607. The van der Waals surface area contributed by atoms with Crippen molar-refractivity contribution in [3.8, 4) is 0 Å². The number of hydrogen-bond acceptors (Lipinski definition) is 4. The van der Waals surface area contributed by atoms with Crippen LogP contribution < -0.4 is 0 Å². The van der Waals surface area contributed by atoms with Gasteiger partial charge in [0.15, 0.2) is 0 Å². The highest BCUT2D eigenvalue weighted by Gasteiger charge is 2.47. The second-order valence-electron chi connectivity index (χ2n) is 3.89. The molecule has 2 fully saturated rings. The van der Waals surface area contributed by atoms with E-state index in [1.54, 1.807) is 0 Å². The maximum Gasteiger partial charge on any atom is 0.115 e. The first-order valence-electron chi connectivity index (χ1n) is 4.75. The van der Waals surface area contributed by atoms with Crippen molar-refractivity contribution in [2.45, 2.75) is 44.4 Å².